The molecule has 0 aromatic heterocycles. The second kappa shape index (κ2) is 7.31. The van der Waals surface area contributed by atoms with Crippen LogP contribution in [0.2, 0.25) is 0 Å². The van der Waals surface area contributed by atoms with Crippen LogP contribution in [0.15, 0.2) is 78.9 Å². The van der Waals surface area contributed by atoms with Crippen LogP contribution in [0, 0.1) is 0 Å². The lowest BCUT2D eigenvalue weighted by molar-refractivity contribution is 0.285. The number of fused-ring (bicyclic) bond motifs is 1. The third-order valence-corrected chi connectivity index (χ3v) is 5.67. The summed E-state index contributed by atoms with van der Waals surface area (Å²) in [4.78, 5) is 0. The van der Waals surface area contributed by atoms with Gasteiger partial charge in [-0.05, 0) is 74.1 Å². The molecule has 1 aliphatic rings. The molecule has 3 aromatic rings. The molecular formula is C28H31N. The summed E-state index contributed by atoms with van der Waals surface area (Å²) in [5, 5.41) is 3.83. The number of rotatable bonds is 4. The highest BCUT2D eigenvalue weighted by Crippen LogP contribution is 2.48. The van der Waals surface area contributed by atoms with Crippen LogP contribution in [0.1, 0.15) is 68.4 Å². The van der Waals surface area contributed by atoms with Crippen molar-refractivity contribution < 1.29 is 0 Å². The Morgan fingerprint density at radius 3 is 1.93 bits per heavy atom. The largest absolute Gasteiger partial charge is 0.303 e. The van der Waals surface area contributed by atoms with E-state index < -0.39 is 0 Å². The van der Waals surface area contributed by atoms with E-state index in [1.54, 1.807) is 0 Å². The molecule has 0 radical (unpaired) electrons. The van der Waals surface area contributed by atoms with Crippen molar-refractivity contribution in [2.45, 2.75) is 51.6 Å². The lowest BCUT2D eigenvalue weighted by Gasteiger charge is -2.38. The molecule has 1 N–H and O–H groups in total. The summed E-state index contributed by atoms with van der Waals surface area (Å²) >= 11 is 0. The molecule has 0 aliphatic heterocycles. The second-order valence-corrected chi connectivity index (χ2v) is 9.61. The zero-order valence-electron chi connectivity index (χ0n) is 18.2. The average molecular weight is 382 g/mol. The van der Waals surface area contributed by atoms with Gasteiger partial charge in [-0.2, -0.15) is 0 Å². The number of benzene rings is 3. The lowest BCUT2D eigenvalue weighted by Crippen LogP contribution is -2.48. The van der Waals surface area contributed by atoms with Crippen molar-refractivity contribution in [3.8, 4) is 0 Å². The van der Waals surface area contributed by atoms with Crippen LogP contribution in [0.5, 0.6) is 0 Å². The van der Waals surface area contributed by atoms with Crippen LogP contribution < -0.4 is 5.32 Å². The minimum absolute atomic E-state index is 0.0301. The highest BCUT2D eigenvalue weighted by molar-refractivity contribution is 5.93. The molecule has 0 saturated heterocycles. The Labute approximate surface area is 175 Å². The molecule has 1 nitrogen and oxygen atoms in total. The van der Waals surface area contributed by atoms with Crippen LogP contribution in [0.25, 0.3) is 11.6 Å². The summed E-state index contributed by atoms with van der Waals surface area (Å²) in [6.07, 6.45) is 2.37. The SMILES string of the molecule is CC(C)(C)NC(C)(C)c1ccccc1C1C(c2ccccc2)=Cc2ccccc21. The molecule has 148 valence electrons. The summed E-state index contributed by atoms with van der Waals surface area (Å²) in [6, 6.07) is 28.6. The van der Waals surface area contributed by atoms with Crippen molar-refractivity contribution in [1.29, 1.82) is 0 Å². The van der Waals surface area contributed by atoms with Crippen molar-refractivity contribution in [3.63, 3.8) is 0 Å². The maximum atomic E-state index is 3.83. The summed E-state index contributed by atoms with van der Waals surface area (Å²) in [5.74, 6) is 0.242. The predicted molar refractivity (Wildman–Crippen MR) is 125 cm³/mol. The Kier molecular flexibility index (Phi) is 4.96. The van der Waals surface area contributed by atoms with Crippen LogP contribution in [-0.2, 0) is 5.54 Å². The van der Waals surface area contributed by atoms with E-state index in [0.717, 1.165) is 0 Å². The number of allylic oxidation sites excluding steroid dienone is 1. The normalized spacial score (nSPS) is 16.4. The molecule has 1 heteroatoms. The molecule has 0 saturated carbocycles. The molecule has 1 aliphatic carbocycles. The molecule has 0 heterocycles. The van der Waals surface area contributed by atoms with Gasteiger partial charge in [0.25, 0.3) is 0 Å². The van der Waals surface area contributed by atoms with E-state index in [1.807, 2.05) is 0 Å². The van der Waals surface area contributed by atoms with Gasteiger partial charge < -0.3 is 5.32 Å². The van der Waals surface area contributed by atoms with E-state index in [4.69, 9.17) is 0 Å². The monoisotopic (exact) mass is 381 g/mol. The van der Waals surface area contributed by atoms with E-state index in [9.17, 15) is 0 Å². The van der Waals surface area contributed by atoms with E-state index in [2.05, 4.69) is 125 Å². The van der Waals surface area contributed by atoms with Gasteiger partial charge in [-0.15, -0.1) is 0 Å². The van der Waals surface area contributed by atoms with Crippen LogP contribution in [0.3, 0.4) is 0 Å². The fourth-order valence-corrected chi connectivity index (χ4v) is 4.86. The fourth-order valence-electron chi connectivity index (χ4n) is 4.86. The summed E-state index contributed by atoms with van der Waals surface area (Å²) < 4.78 is 0. The van der Waals surface area contributed by atoms with Gasteiger partial charge in [-0.1, -0.05) is 78.9 Å². The van der Waals surface area contributed by atoms with Gasteiger partial charge in [-0.3, -0.25) is 0 Å². The van der Waals surface area contributed by atoms with Crippen molar-refractivity contribution in [2.24, 2.45) is 0 Å². The molecule has 4 rings (SSSR count). The van der Waals surface area contributed by atoms with Crippen molar-refractivity contribution in [2.75, 3.05) is 0 Å². The Balaban J connectivity index is 1.88. The fraction of sp³-hybridized carbons (Fsp3) is 0.286. The minimum atomic E-state index is -0.145. The summed E-state index contributed by atoms with van der Waals surface area (Å²) in [5.41, 5.74) is 8.03. The van der Waals surface area contributed by atoms with Crippen LogP contribution in [-0.4, -0.2) is 5.54 Å². The molecular weight excluding hydrogens is 350 g/mol. The van der Waals surface area contributed by atoms with Crippen molar-refractivity contribution >= 4 is 11.6 Å². The first-order valence-corrected chi connectivity index (χ1v) is 10.5. The number of hydrogen-bond acceptors (Lipinski definition) is 1. The standard InChI is InChI=1S/C28H31N/c1-27(2,3)29-28(4,5)25-18-12-11-17-23(25)26-22-16-10-9-15-21(22)19-24(26)20-13-7-6-8-14-20/h6-19,26,29H,1-5H3. The second-order valence-electron chi connectivity index (χ2n) is 9.61. The molecule has 3 aromatic carbocycles. The highest BCUT2D eigenvalue weighted by Gasteiger charge is 2.34. The summed E-state index contributed by atoms with van der Waals surface area (Å²) in [7, 11) is 0. The first kappa shape index (κ1) is 19.7. The molecule has 1 unspecified atom stereocenters. The Morgan fingerprint density at radius 1 is 0.655 bits per heavy atom. The molecule has 0 amide bonds. The topological polar surface area (TPSA) is 12.0 Å². The van der Waals surface area contributed by atoms with Gasteiger partial charge in [0.05, 0.1) is 0 Å². The van der Waals surface area contributed by atoms with Gasteiger partial charge in [0.15, 0.2) is 0 Å². The number of nitrogens with one attached hydrogen (secondary N) is 1. The molecule has 1 atom stereocenters. The van der Waals surface area contributed by atoms with Gasteiger partial charge >= 0.3 is 0 Å². The van der Waals surface area contributed by atoms with Crippen LogP contribution >= 0.6 is 0 Å². The van der Waals surface area contributed by atoms with E-state index in [-0.39, 0.29) is 17.0 Å². The highest BCUT2D eigenvalue weighted by atomic mass is 15.0. The summed E-state index contributed by atoms with van der Waals surface area (Å²) in [6.45, 7) is 11.3. The van der Waals surface area contributed by atoms with Crippen molar-refractivity contribution in [1.82, 2.24) is 5.32 Å². The zero-order valence-corrected chi connectivity index (χ0v) is 18.2. The van der Waals surface area contributed by atoms with Crippen LogP contribution in [0.4, 0.5) is 0 Å². The molecule has 0 fully saturated rings. The minimum Gasteiger partial charge on any atom is -0.303 e. The van der Waals surface area contributed by atoms with Gasteiger partial charge in [0.2, 0.25) is 0 Å². The number of hydrogen-bond donors (Lipinski definition) is 1. The first-order chi connectivity index (χ1) is 13.8. The van der Waals surface area contributed by atoms with Gasteiger partial charge in [-0.25, -0.2) is 0 Å². The quantitative estimate of drug-likeness (QED) is 0.513. The zero-order chi connectivity index (χ0) is 20.6. The van der Waals surface area contributed by atoms with Gasteiger partial charge in [0.1, 0.15) is 0 Å². The van der Waals surface area contributed by atoms with Gasteiger partial charge in [0, 0.05) is 17.0 Å². The maximum absolute atomic E-state index is 3.83. The van der Waals surface area contributed by atoms with E-state index in [0.29, 0.717) is 0 Å². The third kappa shape index (κ3) is 3.93. The van der Waals surface area contributed by atoms with Crippen molar-refractivity contribution in [3.05, 3.63) is 107 Å². The van der Waals surface area contributed by atoms with E-state index >= 15 is 0 Å². The molecule has 0 spiro atoms. The lowest BCUT2D eigenvalue weighted by atomic mass is 9.78. The predicted octanol–water partition coefficient (Wildman–Crippen LogP) is 7.00. The third-order valence-electron chi connectivity index (χ3n) is 5.67. The maximum Gasteiger partial charge on any atom is 0.0384 e. The average Bonchev–Trinajstić information content (AvgIpc) is 3.06. The molecule has 29 heavy (non-hydrogen) atoms. The Morgan fingerprint density at radius 2 is 1.24 bits per heavy atom. The van der Waals surface area contributed by atoms with E-state index in [1.165, 1.54) is 33.4 Å². The molecule has 0 bridgehead atoms. The smallest absolute Gasteiger partial charge is 0.0384 e. The Bertz CT molecular complexity index is 1040. The Hall–Kier alpha value is -2.64. The first-order valence-electron chi connectivity index (χ1n) is 10.5.